The monoisotopic (exact) mass is 460 g/mol. The number of allylic oxidation sites excluding steroid dienone is 2. The molecule has 0 saturated carbocycles. The first kappa shape index (κ1) is 24.0. The van der Waals surface area contributed by atoms with Crippen molar-refractivity contribution in [3.05, 3.63) is 78.4 Å². The van der Waals surface area contributed by atoms with Gasteiger partial charge >= 0.3 is 12.5 Å². The number of cyclic esters (lactones) is 1. The topological polar surface area (TPSA) is 68.7 Å². The molecule has 1 fully saturated rings. The van der Waals surface area contributed by atoms with Crippen LogP contribution in [-0.4, -0.2) is 40.4 Å². The number of fused-ring (bicyclic) bond motifs is 1. The second kappa shape index (κ2) is 9.89. The average Bonchev–Trinajstić information content (AvgIpc) is 3.05. The Labute approximate surface area is 189 Å². The molecule has 1 aromatic heterocycles. The van der Waals surface area contributed by atoms with Crippen molar-refractivity contribution < 1.29 is 32.2 Å². The molecule has 33 heavy (non-hydrogen) atoms. The van der Waals surface area contributed by atoms with E-state index >= 15 is 0 Å². The number of pyridine rings is 1. The number of benzene rings is 1. The van der Waals surface area contributed by atoms with E-state index in [9.17, 15) is 22.8 Å². The summed E-state index contributed by atoms with van der Waals surface area (Å²) in [6.07, 6.45) is 0.568. The molecule has 3 rings (SSSR count). The first-order valence-corrected chi connectivity index (χ1v) is 10.2. The molecule has 0 aliphatic carbocycles. The van der Waals surface area contributed by atoms with Gasteiger partial charge in [0.05, 0.1) is 6.04 Å². The molecule has 0 radical (unpaired) electrons. The van der Waals surface area contributed by atoms with Crippen LogP contribution in [0.15, 0.2) is 72.8 Å². The molecule has 0 unspecified atom stereocenters. The zero-order valence-corrected chi connectivity index (χ0v) is 18.1. The summed E-state index contributed by atoms with van der Waals surface area (Å²) < 4.78 is 47.1. The predicted molar refractivity (Wildman–Crippen MR) is 116 cm³/mol. The van der Waals surface area contributed by atoms with E-state index in [-0.39, 0.29) is 12.0 Å². The Kier molecular flexibility index (Phi) is 7.20. The van der Waals surface area contributed by atoms with Crippen LogP contribution in [0.2, 0.25) is 0 Å². The van der Waals surface area contributed by atoms with Crippen LogP contribution in [0.5, 0.6) is 0 Å². The van der Waals surface area contributed by atoms with E-state index in [0.717, 1.165) is 33.4 Å². The lowest BCUT2D eigenvalue weighted by atomic mass is 10.0. The molecular weight excluding hydrogens is 437 g/mol. The maximum absolute atomic E-state index is 12.8. The molecule has 174 valence electrons. The predicted octanol–water partition coefficient (Wildman–Crippen LogP) is 5.46. The number of amides is 2. The number of ether oxygens (including phenoxy) is 2. The fraction of sp³-hybridized carbons (Fsp3) is 0.292. The number of carbonyl (C=O) groups is 2. The lowest BCUT2D eigenvalue weighted by molar-refractivity contribution is -0.303. The van der Waals surface area contributed by atoms with Crippen molar-refractivity contribution in [1.29, 1.82) is 0 Å². The molecule has 2 atom stereocenters. The minimum Gasteiger partial charge on any atom is -0.439 e. The number of halogens is 3. The molecule has 0 N–H and O–H groups in total. The number of aryl methyl sites for hydroxylation is 1. The number of hydrogen-bond donors (Lipinski definition) is 0. The van der Waals surface area contributed by atoms with Gasteiger partial charge in [0, 0.05) is 24.2 Å². The highest BCUT2D eigenvalue weighted by Crippen LogP contribution is 2.29. The fourth-order valence-electron chi connectivity index (χ4n) is 3.69. The molecule has 9 heteroatoms. The zero-order valence-electron chi connectivity index (χ0n) is 18.1. The molecule has 0 bridgehead atoms. The highest BCUT2D eigenvalue weighted by atomic mass is 19.4. The average molecular weight is 460 g/mol. The summed E-state index contributed by atoms with van der Waals surface area (Å²) >= 11 is 0. The van der Waals surface area contributed by atoms with Crippen LogP contribution in [0.3, 0.4) is 0 Å². The third-order valence-corrected chi connectivity index (χ3v) is 5.16. The van der Waals surface area contributed by atoms with E-state index in [4.69, 9.17) is 4.74 Å². The second-order valence-electron chi connectivity index (χ2n) is 7.50. The first-order valence-electron chi connectivity index (χ1n) is 10.2. The van der Waals surface area contributed by atoms with Crippen molar-refractivity contribution in [3.8, 4) is 0 Å². The van der Waals surface area contributed by atoms with Gasteiger partial charge in [0.25, 0.3) is 0 Å². The van der Waals surface area contributed by atoms with Crippen LogP contribution in [0.4, 0.5) is 18.0 Å². The van der Waals surface area contributed by atoms with Crippen LogP contribution in [0.1, 0.15) is 25.8 Å². The van der Waals surface area contributed by atoms with Gasteiger partial charge in [-0.25, -0.2) is 9.69 Å². The maximum atomic E-state index is 12.8. The molecule has 1 saturated heterocycles. The second-order valence-corrected chi connectivity index (χ2v) is 7.50. The molecule has 1 aliphatic rings. The first-order chi connectivity index (χ1) is 15.6. The van der Waals surface area contributed by atoms with Crippen LogP contribution in [0, 0.1) is 0 Å². The number of imide groups is 1. The number of rotatable bonds is 7. The van der Waals surface area contributed by atoms with Gasteiger partial charge in [-0.15, -0.1) is 13.2 Å². The lowest BCUT2D eigenvalue weighted by Crippen LogP contribution is -2.39. The fourth-order valence-corrected chi connectivity index (χ4v) is 3.69. The third kappa shape index (κ3) is 5.79. The Morgan fingerprint density at radius 1 is 1.30 bits per heavy atom. The van der Waals surface area contributed by atoms with Gasteiger partial charge in [-0.1, -0.05) is 36.9 Å². The maximum Gasteiger partial charge on any atom is 0.573 e. The highest BCUT2D eigenvalue weighted by molar-refractivity contribution is 5.94. The minimum absolute atomic E-state index is 0.0329. The summed E-state index contributed by atoms with van der Waals surface area (Å²) in [7, 11) is 0. The van der Waals surface area contributed by atoms with Crippen molar-refractivity contribution in [3.63, 3.8) is 0 Å². The molecule has 1 aliphatic heterocycles. The highest BCUT2D eigenvalue weighted by Gasteiger charge is 2.43. The van der Waals surface area contributed by atoms with Crippen molar-refractivity contribution >= 4 is 22.8 Å². The van der Waals surface area contributed by atoms with E-state index in [2.05, 4.69) is 16.3 Å². The molecule has 6 nitrogen and oxygen atoms in total. The summed E-state index contributed by atoms with van der Waals surface area (Å²) in [6, 6.07) is 6.88. The Hall–Kier alpha value is -3.62. The summed E-state index contributed by atoms with van der Waals surface area (Å²) in [5, 5.41) is 1.91. The summed E-state index contributed by atoms with van der Waals surface area (Å²) in [6.45, 7) is 6.82. The molecule has 2 aromatic rings. The zero-order chi connectivity index (χ0) is 24.2. The number of alkyl halides is 3. The smallest absolute Gasteiger partial charge is 0.439 e. The van der Waals surface area contributed by atoms with Crippen molar-refractivity contribution in [2.75, 3.05) is 0 Å². The van der Waals surface area contributed by atoms with Gasteiger partial charge in [-0.05, 0) is 48.9 Å². The van der Waals surface area contributed by atoms with Gasteiger partial charge in [-0.2, -0.15) is 0 Å². The Morgan fingerprint density at radius 3 is 2.73 bits per heavy atom. The lowest BCUT2D eigenvalue weighted by Gasteiger charge is -2.20. The van der Waals surface area contributed by atoms with E-state index < -0.39 is 36.3 Å². The van der Waals surface area contributed by atoms with Gasteiger partial charge in [0.15, 0.2) is 0 Å². The number of hydrogen-bond acceptors (Lipinski definition) is 5. The van der Waals surface area contributed by atoms with E-state index in [1.165, 1.54) is 13.0 Å². The van der Waals surface area contributed by atoms with Crippen molar-refractivity contribution in [2.45, 2.75) is 45.2 Å². The number of aromatic nitrogens is 1. The standard InChI is InChI=1S/C24H23F3N2O4/c1-4-7-19(33-24(25,26)27)12-15(2)22-16(3)29(23(31)32-22)21(30)11-10-18-14-28-13-17-8-5-6-9-20(17)18/h4-9,12-14,16,22H,2,10-11H2,1,3H3/b7-4-,19-12+/t16-,22+/m0/s1. The Morgan fingerprint density at radius 2 is 2.03 bits per heavy atom. The van der Waals surface area contributed by atoms with Crippen LogP contribution in [0.25, 0.3) is 10.8 Å². The molecule has 2 heterocycles. The van der Waals surface area contributed by atoms with Gasteiger partial charge in [0.2, 0.25) is 5.91 Å². The van der Waals surface area contributed by atoms with Crippen molar-refractivity contribution in [1.82, 2.24) is 9.88 Å². The third-order valence-electron chi connectivity index (χ3n) is 5.16. The summed E-state index contributed by atoms with van der Waals surface area (Å²) in [5.41, 5.74) is 0.938. The van der Waals surface area contributed by atoms with Crippen LogP contribution >= 0.6 is 0 Å². The van der Waals surface area contributed by atoms with Crippen LogP contribution in [-0.2, 0) is 20.7 Å². The van der Waals surface area contributed by atoms with Gasteiger partial charge in [-0.3, -0.25) is 9.78 Å². The Bertz CT molecular complexity index is 1120. The number of nitrogens with zero attached hydrogens (tertiary/aromatic N) is 2. The van der Waals surface area contributed by atoms with Gasteiger partial charge < -0.3 is 9.47 Å². The normalized spacial score (nSPS) is 19.2. The largest absolute Gasteiger partial charge is 0.573 e. The molecule has 2 amide bonds. The summed E-state index contributed by atoms with van der Waals surface area (Å²) in [4.78, 5) is 30.4. The van der Waals surface area contributed by atoms with E-state index in [0.29, 0.717) is 6.42 Å². The molecule has 0 spiro atoms. The quantitative estimate of drug-likeness (QED) is 0.406. The minimum atomic E-state index is -4.89. The van der Waals surface area contributed by atoms with Crippen LogP contribution < -0.4 is 0 Å². The Balaban J connectivity index is 1.71. The SMILES string of the molecule is C=C(/C=C(\C=C/C)OC(F)(F)F)[C@H]1OC(=O)N(C(=O)CCc2cncc3ccccc23)[C@H]1C. The summed E-state index contributed by atoms with van der Waals surface area (Å²) in [5.74, 6) is -0.966. The van der Waals surface area contributed by atoms with Crippen molar-refractivity contribution in [2.24, 2.45) is 0 Å². The van der Waals surface area contributed by atoms with Gasteiger partial charge in [0.1, 0.15) is 11.9 Å². The van der Waals surface area contributed by atoms with E-state index in [1.807, 2.05) is 24.3 Å². The van der Waals surface area contributed by atoms with E-state index in [1.54, 1.807) is 19.3 Å². The molecule has 1 aromatic carbocycles. The number of carbonyl (C=O) groups excluding carboxylic acids is 2. The molecular formula is C24H23F3N2O4.